The van der Waals surface area contributed by atoms with E-state index in [2.05, 4.69) is 210 Å². The van der Waals surface area contributed by atoms with Crippen LogP contribution in [0.2, 0.25) is 0 Å². The summed E-state index contributed by atoms with van der Waals surface area (Å²) in [6.45, 7) is 0. The number of aromatic nitrogens is 1. The van der Waals surface area contributed by atoms with Gasteiger partial charge in [-0.15, -0.1) is 0 Å². The maximum Gasteiger partial charge on any atom is 0.136 e. The molecule has 0 bridgehead atoms. The number of furan rings is 1. The minimum atomic E-state index is 0.913. The molecule has 0 aliphatic rings. The van der Waals surface area contributed by atoms with Gasteiger partial charge in [0.15, 0.2) is 0 Å². The standard InChI is InChI=1S/C54H34N2O/c1-2-15-41(16-3-1)56-50-29-24-39(32-48(50)54-46-34-47-45-18-8-9-20-52(45)57-53(47)33-40(46)25-30-51(54)56)36-21-26-42(27-22-36)55(43-28-23-35-11-4-5-13-38(35)31-43)49-19-10-14-37-12-6-7-17-44(37)49/h1-34H. The van der Waals surface area contributed by atoms with Gasteiger partial charge in [-0.25, -0.2) is 0 Å². The van der Waals surface area contributed by atoms with E-state index in [1.54, 1.807) is 0 Å². The number of hydrogen-bond acceptors (Lipinski definition) is 2. The van der Waals surface area contributed by atoms with E-state index in [-0.39, 0.29) is 0 Å². The molecular formula is C54H34N2O. The van der Waals surface area contributed by atoms with Crippen molar-refractivity contribution in [2.75, 3.05) is 4.90 Å². The Balaban J connectivity index is 1.05. The first-order chi connectivity index (χ1) is 28.2. The maximum absolute atomic E-state index is 6.33. The zero-order valence-electron chi connectivity index (χ0n) is 30.9. The number of hydrogen-bond donors (Lipinski definition) is 0. The van der Waals surface area contributed by atoms with Crippen LogP contribution in [0.25, 0.3) is 92.9 Å². The fraction of sp³-hybridized carbons (Fsp3) is 0. The fourth-order valence-electron chi connectivity index (χ4n) is 9.05. The fourth-order valence-corrected chi connectivity index (χ4v) is 9.05. The summed E-state index contributed by atoms with van der Waals surface area (Å²) in [6, 6.07) is 74.6. The second kappa shape index (κ2) is 12.5. The zero-order valence-corrected chi connectivity index (χ0v) is 30.9. The molecule has 2 aromatic heterocycles. The number of fused-ring (bicyclic) bond motifs is 10. The third-order valence-corrected chi connectivity index (χ3v) is 11.7. The summed E-state index contributed by atoms with van der Waals surface area (Å²) in [5.74, 6) is 0. The molecule has 266 valence electrons. The van der Waals surface area contributed by atoms with Crippen molar-refractivity contribution in [2.24, 2.45) is 0 Å². The molecule has 12 rings (SSSR count). The molecule has 0 radical (unpaired) electrons. The largest absolute Gasteiger partial charge is 0.456 e. The van der Waals surface area contributed by atoms with E-state index in [4.69, 9.17) is 4.42 Å². The predicted octanol–water partition coefficient (Wildman–Crippen LogP) is 15.3. The Hall–Kier alpha value is -7.62. The first-order valence-corrected chi connectivity index (χ1v) is 19.5. The lowest BCUT2D eigenvalue weighted by Gasteiger charge is -2.27. The smallest absolute Gasteiger partial charge is 0.136 e. The highest BCUT2D eigenvalue weighted by Gasteiger charge is 2.19. The molecule has 0 atom stereocenters. The van der Waals surface area contributed by atoms with Crippen LogP contribution in [0.3, 0.4) is 0 Å². The Morgan fingerprint density at radius 3 is 1.91 bits per heavy atom. The maximum atomic E-state index is 6.33. The van der Waals surface area contributed by atoms with Crippen LogP contribution in [0, 0.1) is 0 Å². The minimum Gasteiger partial charge on any atom is -0.456 e. The Morgan fingerprint density at radius 1 is 0.351 bits per heavy atom. The van der Waals surface area contributed by atoms with E-state index >= 15 is 0 Å². The third-order valence-electron chi connectivity index (χ3n) is 11.7. The van der Waals surface area contributed by atoms with Gasteiger partial charge in [0.25, 0.3) is 0 Å². The summed E-state index contributed by atoms with van der Waals surface area (Å²) in [5, 5.41) is 12.0. The average molecular weight is 727 g/mol. The number of nitrogens with zero attached hydrogens (tertiary/aromatic N) is 2. The molecule has 0 aliphatic heterocycles. The normalized spacial score (nSPS) is 11.9. The van der Waals surface area contributed by atoms with Gasteiger partial charge >= 0.3 is 0 Å². The third kappa shape index (κ3) is 4.99. The molecule has 3 heteroatoms. The summed E-state index contributed by atoms with van der Waals surface area (Å²) in [6.07, 6.45) is 0. The van der Waals surface area contributed by atoms with Crippen LogP contribution in [-0.4, -0.2) is 4.57 Å². The summed E-state index contributed by atoms with van der Waals surface area (Å²) >= 11 is 0. The van der Waals surface area contributed by atoms with Crippen LogP contribution in [0.4, 0.5) is 17.1 Å². The highest BCUT2D eigenvalue weighted by atomic mass is 16.3. The van der Waals surface area contributed by atoms with Crippen molar-refractivity contribution in [3.63, 3.8) is 0 Å². The number of anilines is 3. The van der Waals surface area contributed by atoms with Crippen molar-refractivity contribution in [3.8, 4) is 16.8 Å². The van der Waals surface area contributed by atoms with Crippen LogP contribution in [0.5, 0.6) is 0 Å². The van der Waals surface area contributed by atoms with E-state index in [1.165, 1.54) is 59.9 Å². The van der Waals surface area contributed by atoms with Gasteiger partial charge in [-0.05, 0) is 117 Å². The van der Waals surface area contributed by atoms with Crippen LogP contribution in [0.1, 0.15) is 0 Å². The first-order valence-electron chi connectivity index (χ1n) is 19.5. The SMILES string of the molecule is c1ccc(-n2c3ccc(-c4ccc(N(c5ccc6ccccc6c5)c5cccc6ccccc56)cc4)cc3c3c4cc5c(cc4ccc32)oc2ccccc25)cc1. The molecular weight excluding hydrogens is 693 g/mol. The second-order valence-electron chi connectivity index (χ2n) is 14.9. The van der Waals surface area contributed by atoms with Crippen molar-refractivity contribution >= 4 is 93.1 Å². The monoisotopic (exact) mass is 726 g/mol. The molecule has 12 aromatic rings. The van der Waals surface area contributed by atoms with E-state index in [0.29, 0.717) is 0 Å². The lowest BCUT2D eigenvalue weighted by atomic mass is 9.98. The predicted molar refractivity (Wildman–Crippen MR) is 241 cm³/mol. The Labute approximate surface area is 328 Å². The topological polar surface area (TPSA) is 21.3 Å². The first kappa shape index (κ1) is 31.7. The van der Waals surface area contributed by atoms with Crippen LogP contribution >= 0.6 is 0 Å². The van der Waals surface area contributed by atoms with E-state index in [0.717, 1.165) is 50.1 Å². The number of rotatable bonds is 5. The van der Waals surface area contributed by atoms with Crippen LogP contribution in [0.15, 0.2) is 211 Å². The zero-order chi connectivity index (χ0) is 37.5. The summed E-state index contributed by atoms with van der Waals surface area (Å²) < 4.78 is 8.73. The summed E-state index contributed by atoms with van der Waals surface area (Å²) in [4.78, 5) is 2.39. The number of para-hydroxylation sites is 2. The minimum absolute atomic E-state index is 0.913. The van der Waals surface area contributed by atoms with Gasteiger partial charge in [0.05, 0.1) is 16.7 Å². The van der Waals surface area contributed by atoms with Gasteiger partial charge in [-0.1, -0.05) is 127 Å². The second-order valence-corrected chi connectivity index (χ2v) is 14.9. The molecule has 0 unspecified atom stereocenters. The van der Waals surface area contributed by atoms with Crippen molar-refractivity contribution in [1.82, 2.24) is 4.57 Å². The molecule has 0 amide bonds. The Kier molecular flexibility index (Phi) is 6.93. The van der Waals surface area contributed by atoms with Gasteiger partial charge in [0.1, 0.15) is 11.2 Å². The molecule has 2 heterocycles. The lowest BCUT2D eigenvalue weighted by molar-refractivity contribution is 0.669. The quantitative estimate of drug-likeness (QED) is 0.176. The van der Waals surface area contributed by atoms with Crippen molar-refractivity contribution < 1.29 is 4.42 Å². The molecule has 10 aromatic carbocycles. The van der Waals surface area contributed by atoms with Crippen molar-refractivity contribution in [2.45, 2.75) is 0 Å². The summed E-state index contributed by atoms with van der Waals surface area (Å²) in [5.41, 5.74) is 11.1. The molecule has 57 heavy (non-hydrogen) atoms. The summed E-state index contributed by atoms with van der Waals surface area (Å²) in [7, 11) is 0. The van der Waals surface area contributed by atoms with E-state index in [9.17, 15) is 0 Å². The van der Waals surface area contributed by atoms with E-state index in [1.807, 2.05) is 6.07 Å². The molecule has 0 fully saturated rings. The van der Waals surface area contributed by atoms with Gasteiger partial charge in [-0.2, -0.15) is 0 Å². The van der Waals surface area contributed by atoms with E-state index < -0.39 is 0 Å². The van der Waals surface area contributed by atoms with Gasteiger partial charge in [0.2, 0.25) is 0 Å². The molecule has 0 aliphatic carbocycles. The van der Waals surface area contributed by atoms with Crippen LogP contribution in [-0.2, 0) is 0 Å². The lowest BCUT2D eigenvalue weighted by Crippen LogP contribution is -2.10. The van der Waals surface area contributed by atoms with Crippen LogP contribution < -0.4 is 4.90 Å². The molecule has 0 saturated heterocycles. The highest BCUT2D eigenvalue weighted by Crippen LogP contribution is 2.43. The molecule has 0 N–H and O–H groups in total. The van der Waals surface area contributed by atoms with Gasteiger partial charge in [0, 0.05) is 44.0 Å². The van der Waals surface area contributed by atoms with Gasteiger partial charge < -0.3 is 13.9 Å². The Morgan fingerprint density at radius 2 is 1.04 bits per heavy atom. The highest BCUT2D eigenvalue weighted by molar-refractivity contribution is 6.24. The molecule has 0 spiro atoms. The average Bonchev–Trinajstić information content (AvgIpc) is 3.81. The molecule has 0 saturated carbocycles. The number of benzene rings is 10. The Bertz CT molecular complexity index is 3520. The van der Waals surface area contributed by atoms with Gasteiger partial charge in [-0.3, -0.25) is 0 Å². The van der Waals surface area contributed by atoms with Crippen molar-refractivity contribution in [3.05, 3.63) is 206 Å². The van der Waals surface area contributed by atoms with Crippen molar-refractivity contribution in [1.29, 1.82) is 0 Å². The molecule has 3 nitrogen and oxygen atoms in total.